The van der Waals surface area contributed by atoms with Crippen LogP contribution in [-0.2, 0) is 6.54 Å². The second-order valence-corrected chi connectivity index (χ2v) is 7.24. The van der Waals surface area contributed by atoms with Crippen LogP contribution in [-0.4, -0.2) is 29.7 Å². The minimum atomic E-state index is -0.137. The van der Waals surface area contributed by atoms with E-state index in [0.29, 0.717) is 30.0 Å². The van der Waals surface area contributed by atoms with E-state index in [1.54, 1.807) is 24.3 Å². The molecule has 0 bridgehead atoms. The first-order valence-electron chi connectivity index (χ1n) is 9.76. The fourth-order valence-corrected chi connectivity index (χ4v) is 3.57. The standard InChI is InChI=1S/C24H22N2O4/c1-16-11-21(22(27)15-28-19-9-7-18(12-25)8-10-19)17(2)26(16)13-20-14-29-23-5-3-4-6-24(23)30-20/h3-11,20H,13-15H2,1-2H3. The molecule has 2 heterocycles. The lowest BCUT2D eigenvalue weighted by atomic mass is 10.1. The zero-order chi connectivity index (χ0) is 21.1. The molecule has 0 spiro atoms. The molecule has 30 heavy (non-hydrogen) atoms. The number of aryl methyl sites for hydroxylation is 1. The molecule has 1 unspecified atom stereocenters. The molecule has 0 fully saturated rings. The van der Waals surface area contributed by atoms with Crippen molar-refractivity contribution in [1.29, 1.82) is 5.26 Å². The maximum Gasteiger partial charge on any atom is 0.202 e. The van der Waals surface area contributed by atoms with E-state index in [0.717, 1.165) is 22.9 Å². The predicted molar refractivity (Wildman–Crippen MR) is 111 cm³/mol. The van der Waals surface area contributed by atoms with Crippen LogP contribution in [0.25, 0.3) is 0 Å². The van der Waals surface area contributed by atoms with Gasteiger partial charge in [-0.1, -0.05) is 12.1 Å². The molecule has 6 heteroatoms. The summed E-state index contributed by atoms with van der Waals surface area (Å²) < 4.78 is 19.5. The third-order valence-electron chi connectivity index (χ3n) is 5.18. The number of ketones is 1. The molecule has 6 nitrogen and oxygen atoms in total. The highest BCUT2D eigenvalue weighted by molar-refractivity contribution is 5.98. The molecule has 3 aromatic rings. The first-order valence-corrected chi connectivity index (χ1v) is 9.76. The van der Waals surface area contributed by atoms with Crippen LogP contribution in [0.2, 0.25) is 0 Å². The second-order valence-electron chi connectivity index (χ2n) is 7.24. The number of fused-ring (bicyclic) bond motifs is 1. The van der Waals surface area contributed by atoms with Gasteiger partial charge in [0.05, 0.1) is 18.2 Å². The average Bonchev–Trinajstić information content (AvgIpc) is 3.06. The van der Waals surface area contributed by atoms with Crippen molar-refractivity contribution in [1.82, 2.24) is 4.57 Å². The Balaban J connectivity index is 1.42. The first kappa shape index (κ1) is 19.6. The van der Waals surface area contributed by atoms with Crippen LogP contribution in [0.5, 0.6) is 17.2 Å². The number of hydrogen-bond donors (Lipinski definition) is 0. The van der Waals surface area contributed by atoms with E-state index in [4.69, 9.17) is 19.5 Å². The van der Waals surface area contributed by atoms with Crippen LogP contribution in [0.1, 0.15) is 27.3 Å². The monoisotopic (exact) mass is 402 g/mol. The van der Waals surface area contributed by atoms with Gasteiger partial charge in [-0.3, -0.25) is 4.79 Å². The van der Waals surface area contributed by atoms with E-state index in [1.165, 1.54) is 0 Å². The third-order valence-corrected chi connectivity index (χ3v) is 5.18. The van der Waals surface area contributed by atoms with Crippen molar-refractivity contribution in [2.75, 3.05) is 13.2 Å². The molecular formula is C24H22N2O4. The largest absolute Gasteiger partial charge is 0.486 e. The summed E-state index contributed by atoms with van der Waals surface area (Å²) in [5.74, 6) is 1.96. The summed E-state index contributed by atoms with van der Waals surface area (Å²) in [6.45, 7) is 4.89. The van der Waals surface area contributed by atoms with Gasteiger partial charge in [0.25, 0.3) is 0 Å². The number of nitriles is 1. The molecule has 0 amide bonds. The highest BCUT2D eigenvalue weighted by Crippen LogP contribution is 2.31. The smallest absolute Gasteiger partial charge is 0.202 e. The molecule has 0 saturated heterocycles. The Morgan fingerprint density at radius 2 is 1.90 bits per heavy atom. The lowest BCUT2D eigenvalue weighted by molar-refractivity contribution is 0.0777. The van der Waals surface area contributed by atoms with Gasteiger partial charge >= 0.3 is 0 Å². The van der Waals surface area contributed by atoms with Crippen molar-refractivity contribution in [2.45, 2.75) is 26.5 Å². The van der Waals surface area contributed by atoms with Crippen molar-refractivity contribution in [3.63, 3.8) is 0 Å². The highest BCUT2D eigenvalue weighted by atomic mass is 16.6. The molecule has 1 aliphatic rings. The zero-order valence-corrected chi connectivity index (χ0v) is 16.9. The maximum absolute atomic E-state index is 12.7. The van der Waals surface area contributed by atoms with Crippen LogP contribution in [0.3, 0.4) is 0 Å². The van der Waals surface area contributed by atoms with Crippen LogP contribution >= 0.6 is 0 Å². The zero-order valence-electron chi connectivity index (χ0n) is 16.9. The summed E-state index contributed by atoms with van der Waals surface area (Å²) in [7, 11) is 0. The lowest BCUT2D eigenvalue weighted by Gasteiger charge is -2.27. The Labute approximate surface area is 175 Å². The Bertz CT molecular complexity index is 1110. The van der Waals surface area contributed by atoms with Crippen molar-refractivity contribution in [3.8, 4) is 23.3 Å². The van der Waals surface area contributed by atoms with Crippen molar-refractivity contribution in [2.24, 2.45) is 0 Å². The number of rotatable bonds is 6. The van der Waals surface area contributed by atoms with E-state index >= 15 is 0 Å². The first-order chi connectivity index (χ1) is 14.5. The number of Topliss-reactive ketones (excluding diaryl/α,β-unsaturated/α-hetero) is 1. The number of aromatic nitrogens is 1. The number of ether oxygens (including phenoxy) is 3. The summed E-state index contributed by atoms with van der Waals surface area (Å²) in [4.78, 5) is 12.7. The molecule has 1 atom stereocenters. The van der Waals surface area contributed by atoms with Gasteiger partial charge in [-0.2, -0.15) is 5.26 Å². The summed E-state index contributed by atoms with van der Waals surface area (Å²) in [6.07, 6.45) is -0.137. The molecule has 4 rings (SSSR count). The number of nitrogens with zero attached hydrogens (tertiary/aromatic N) is 2. The SMILES string of the molecule is Cc1cc(C(=O)COc2ccc(C#N)cc2)c(C)n1CC1COc2ccccc2O1. The topological polar surface area (TPSA) is 73.5 Å². The Morgan fingerprint density at radius 3 is 2.63 bits per heavy atom. The number of para-hydroxylation sites is 2. The van der Waals surface area contributed by atoms with Crippen LogP contribution in [0, 0.1) is 25.2 Å². The predicted octanol–water partition coefficient (Wildman–Crippen LogP) is 4.08. The van der Waals surface area contributed by atoms with Crippen molar-refractivity contribution < 1.29 is 19.0 Å². The Hall–Kier alpha value is -3.72. The van der Waals surface area contributed by atoms with E-state index in [9.17, 15) is 4.79 Å². The van der Waals surface area contributed by atoms with Crippen LogP contribution in [0.4, 0.5) is 0 Å². The fraction of sp³-hybridized carbons (Fsp3) is 0.250. The van der Waals surface area contributed by atoms with E-state index in [2.05, 4.69) is 10.6 Å². The second kappa shape index (κ2) is 8.34. The van der Waals surface area contributed by atoms with Gasteiger partial charge in [0.2, 0.25) is 5.78 Å². The third kappa shape index (κ3) is 4.01. The molecule has 1 aliphatic heterocycles. The summed E-state index contributed by atoms with van der Waals surface area (Å²) in [5, 5.41) is 8.86. The lowest BCUT2D eigenvalue weighted by Crippen LogP contribution is -2.33. The Morgan fingerprint density at radius 1 is 1.17 bits per heavy atom. The van der Waals surface area contributed by atoms with E-state index in [-0.39, 0.29) is 18.5 Å². The van der Waals surface area contributed by atoms with Gasteiger partial charge in [0.15, 0.2) is 24.2 Å². The minimum absolute atomic E-state index is 0.0629. The molecule has 0 aliphatic carbocycles. The number of hydrogen-bond acceptors (Lipinski definition) is 5. The molecule has 0 saturated carbocycles. The summed E-state index contributed by atoms with van der Waals surface area (Å²) in [6, 6.07) is 18.3. The quantitative estimate of drug-likeness (QED) is 0.581. The van der Waals surface area contributed by atoms with Crippen molar-refractivity contribution in [3.05, 3.63) is 77.1 Å². The summed E-state index contributed by atoms with van der Waals surface area (Å²) in [5.41, 5.74) is 3.05. The van der Waals surface area contributed by atoms with Crippen LogP contribution in [0.15, 0.2) is 54.6 Å². The maximum atomic E-state index is 12.7. The van der Waals surface area contributed by atoms with Gasteiger partial charge < -0.3 is 18.8 Å². The number of carbonyl (C=O) groups is 1. The van der Waals surface area contributed by atoms with Crippen LogP contribution < -0.4 is 14.2 Å². The highest BCUT2D eigenvalue weighted by Gasteiger charge is 2.24. The molecule has 0 N–H and O–H groups in total. The van der Waals surface area contributed by atoms with Gasteiger partial charge in [-0.15, -0.1) is 0 Å². The van der Waals surface area contributed by atoms with Gasteiger partial charge in [-0.05, 0) is 56.3 Å². The molecule has 152 valence electrons. The molecular weight excluding hydrogens is 380 g/mol. The van der Waals surface area contributed by atoms with E-state index < -0.39 is 0 Å². The normalized spacial score (nSPS) is 14.8. The summed E-state index contributed by atoms with van der Waals surface area (Å²) >= 11 is 0. The van der Waals surface area contributed by atoms with E-state index in [1.807, 2.05) is 44.2 Å². The minimum Gasteiger partial charge on any atom is -0.486 e. The Kier molecular flexibility index (Phi) is 5.44. The average molecular weight is 402 g/mol. The molecule has 0 radical (unpaired) electrons. The number of carbonyl (C=O) groups excluding carboxylic acids is 1. The van der Waals surface area contributed by atoms with Gasteiger partial charge in [0.1, 0.15) is 12.4 Å². The molecule has 2 aromatic carbocycles. The van der Waals surface area contributed by atoms with Gasteiger partial charge in [0, 0.05) is 17.0 Å². The molecule has 1 aromatic heterocycles. The number of benzene rings is 2. The van der Waals surface area contributed by atoms with Crippen molar-refractivity contribution >= 4 is 5.78 Å². The van der Waals surface area contributed by atoms with Gasteiger partial charge in [-0.25, -0.2) is 0 Å². The fourth-order valence-electron chi connectivity index (χ4n) is 3.57.